The zero-order valence-corrected chi connectivity index (χ0v) is 18.8. The second-order valence-electron chi connectivity index (χ2n) is 9.32. The molecule has 31 heavy (non-hydrogen) atoms. The SMILES string of the molecule is C=Cc1c(-c2ccc3cc(C)ccc3c2)cc2c(c1C=C)-c1ccc(C)cc1C2(C)C. The Bertz CT molecular complexity index is 1400. The van der Waals surface area contributed by atoms with E-state index in [-0.39, 0.29) is 5.41 Å². The van der Waals surface area contributed by atoms with Crippen LogP contribution in [0.25, 0.3) is 45.2 Å². The maximum Gasteiger partial charge on any atom is 0.0159 e. The molecule has 152 valence electrons. The van der Waals surface area contributed by atoms with E-state index < -0.39 is 0 Å². The van der Waals surface area contributed by atoms with E-state index in [1.807, 2.05) is 12.2 Å². The molecular weight excluding hydrogens is 372 g/mol. The van der Waals surface area contributed by atoms with E-state index in [0.717, 1.165) is 5.56 Å². The van der Waals surface area contributed by atoms with Gasteiger partial charge in [-0.25, -0.2) is 0 Å². The van der Waals surface area contributed by atoms with Gasteiger partial charge < -0.3 is 0 Å². The van der Waals surface area contributed by atoms with Crippen LogP contribution in [0.2, 0.25) is 0 Å². The fourth-order valence-electron chi connectivity index (χ4n) is 5.24. The molecule has 0 aromatic heterocycles. The summed E-state index contributed by atoms with van der Waals surface area (Å²) in [6.45, 7) is 17.4. The van der Waals surface area contributed by atoms with Crippen molar-refractivity contribution in [3.05, 3.63) is 107 Å². The quantitative estimate of drug-likeness (QED) is 0.322. The fraction of sp³-hybridized carbons (Fsp3) is 0.161. The summed E-state index contributed by atoms with van der Waals surface area (Å²) < 4.78 is 0. The van der Waals surface area contributed by atoms with Crippen molar-refractivity contribution in [2.75, 3.05) is 0 Å². The first-order valence-corrected chi connectivity index (χ1v) is 10.9. The van der Waals surface area contributed by atoms with Crippen LogP contribution in [0.4, 0.5) is 0 Å². The molecule has 0 saturated heterocycles. The highest BCUT2D eigenvalue weighted by Crippen LogP contribution is 2.53. The fourth-order valence-corrected chi connectivity index (χ4v) is 5.24. The largest absolute Gasteiger partial charge is 0.0984 e. The van der Waals surface area contributed by atoms with Crippen LogP contribution >= 0.6 is 0 Å². The third-order valence-corrected chi connectivity index (χ3v) is 6.91. The van der Waals surface area contributed by atoms with E-state index in [2.05, 4.69) is 102 Å². The maximum absolute atomic E-state index is 4.20. The molecule has 0 nitrogen and oxygen atoms in total. The average Bonchev–Trinajstić information content (AvgIpc) is 2.98. The highest BCUT2D eigenvalue weighted by molar-refractivity contribution is 5.97. The molecule has 0 unspecified atom stereocenters. The van der Waals surface area contributed by atoms with Crippen molar-refractivity contribution in [3.63, 3.8) is 0 Å². The van der Waals surface area contributed by atoms with E-state index in [4.69, 9.17) is 0 Å². The van der Waals surface area contributed by atoms with Gasteiger partial charge in [0.25, 0.3) is 0 Å². The van der Waals surface area contributed by atoms with Gasteiger partial charge in [0.15, 0.2) is 0 Å². The van der Waals surface area contributed by atoms with Crippen LogP contribution in [-0.4, -0.2) is 0 Å². The molecule has 0 saturated carbocycles. The predicted molar refractivity (Wildman–Crippen MR) is 137 cm³/mol. The minimum Gasteiger partial charge on any atom is -0.0984 e. The van der Waals surface area contributed by atoms with E-state index in [1.165, 1.54) is 60.8 Å². The molecule has 0 heterocycles. The molecule has 0 atom stereocenters. The van der Waals surface area contributed by atoms with E-state index in [9.17, 15) is 0 Å². The lowest BCUT2D eigenvalue weighted by molar-refractivity contribution is 0.660. The lowest BCUT2D eigenvalue weighted by Gasteiger charge is -2.24. The van der Waals surface area contributed by atoms with Crippen molar-refractivity contribution < 1.29 is 0 Å². The van der Waals surface area contributed by atoms with Crippen LogP contribution in [0.1, 0.15) is 47.2 Å². The topological polar surface area (TPSA) is 0 Å². The van der Waals surface area contributed by atoms with Gasteiger partial charge >= 0.3 is 0 Å². The van der Waals surface area contributed by atoms with Crippen molar-refractivity contribution in [1.82, 2.24) is 0 Å². The van der Waals surface area contributed by atoms with Gasteiger partial charge in [-0.1, -0.05) is 98.8 Å². The van der Waals surface area contributed by atoms with Crippen LogP contribution < -0.4 is 0 Å². The first kappa shape index (κ1) is 19.6. The molecule has 0 heteroatoms. The van der Waals surface area contributed by atoms with Gasteiger partial charge in [-0.2, -0.15) is 0 Å². The summed E-state index contributed by atoms with van der Waals surface area (Å²) >= 11 is 0. The normalized spacial score (nSPS) is 13.7. The summed E-state index contributed by atoms with van der Waals surface area (Å²) in [6.07, 6.45) is 4.00. The third kappa shape index (κ3) is 2.82. The monoisotopic (exact) mass is 400 g/mol. The third-order valence-electron chi connectivity index (χ3n) is 6.91. The molecule has 0 radical (unpaired) electrons. The molecule has 4 aromatic rings. The van der Waals surface area contributed by atoms with E-state index >= 15 is 0 Å². The summed E-state index contributed by atoms with van der Waals surface area (Å²) in [5, 5.41) is 2.54. The summed E-state index contributed by atoms with van der Waals surface area (Å²) in [7, 11) is 0. The molecule has 1 aliphatic rings. The minimum atomic E-state index is -0.0587. The highest BCUT2D eigenvalue weighted by atomic mass is 14.4. The lowest BCUT2D eigenvalue weighted by Crippen LogP contribution is -2.15. The maximum atomic E-state index is 4.20. The Kier molecular flexibility index (Phi) is 4.31. The molecule has 0 bridgehead atoms. The summed E-state index contributed by atoms with van der Waals surface area (Å²) in [4.78, 5) is 0. The standard InChI is InChI=1S/C31H28/c1-7-24-25(8-2)30-26-14-10-20(4)16-28(26)31(5,6)29(30)18-27(24)23-13-12-21-15-19(3)9-11-22(21)17-23/h7-18H,1-2H2,3-6H3. The van der Waals surface area contributed by atoms with Crippen molar-refractivity contribution in [2.24, 2.45) is 0 Å². The Morgan fingerprint density at radius 3 is 2.03 bits per heavy atom. The first-order valence-electron chi connectivity index (χ1n) is 10.9. The van der Waals surface area contributed by atoms with Crippen molar-refractivity contribution >= 4 is 22.9 Å². The molecule has 0 aliphatic heterocycles. The number of rotatable bonds is 3. The molecule has 0 fully saturated rings. The number of aryl methyl sites for hydroxylation is 2. The first-order chi connectivity index (χ1) is 14.8. The minimum absolute atomic E-state index is 0.0587. The molecule has 4 aromatic carbocycles. The number of hydrogen-bond donors (Lipinski definition) is 0. The Labute approximate surface area is 185 Å². The Morgan fingerprint density at radius 1 is 0.645 bits per heavy atom. The number of fused-ring (bicyclic) bond motifs is 4. The molecule has 0 N–H and O–H groups in total. The number of hydrogen-bond acceptors (Lipinski definition) is 0. The van der Waals surface area contributed by atoms with Gasteiger partial charge in [-0.15, -0.1) is 0 Å². The van der Waals surface area contributed by atoms with Crippen LogP contribution in [0, 0.1) is 13.8 Å². The van der Waals surface area contributed by atoms with Gasteiger partial charge in [0.05, 0.1) is 0 Å². The Hall–Kier alpha value is -3.38. The van der Waals surface area contributed by atoms with Crippen LogP contribution in [0.15, 0.2) is 73.8 Å². The van der Waals surface area contributed by atoms with Gasteiger partial charge in [0.2, 0.25) is 0 Å². The van der Waals surface area contributed by atoms with Crippen LogP contribution in [0.3, 0.4) is 0 Å². The zero-order valence-electron chi connectivity index (χ0n) is 18.8. The van der Waals surface area contributed by atoms with Gasteiger partial charge in [-0.05, 0) is 81.3 Å². The molecule has 5 rings (SSSR count). The Morgan fingerprint density at radius 2 is 1.29 bits per heavy atom. The molecule has 0 spiro atoms. The van der Waals surface area contributed by atoms with Crippen LogP contribution in [0.5, 0.6) is 0 Å². The van der Waals surface area contributed by atoms with Gasteiger partial charge in [-0.3, -0.25) is 0 Å². The molecule has 1 aliphatic carbocycles. The molecular formula is C31H28. The van der Waals surface area contributed by atoms with Crippen molar-refractivity contribution in [1.29, 1.82) is 0 Å². The Balaban J connectivity index is 1.84. The summed E-state index contributed by atoms with van der Waals surface area (Å²) in [5.74, 6) is 0. The second-order valence-corrected chi connectivity index (χ2v) is 9.32. The average molecular weight is 401 g/mol. The summed E-state index contributed by atoms with van der Waals surface area (Å²) in [6, 6.07) is 22.6. The van der Waals surface area contributed by atoms with E-state index in [1.54, 1.807) is 0 Å². The second kappa shape index (κ2) is 6.82. The predicted octanol–water partition coefficient (Wildman–Crippen LogP) is 8.72. The van der Waals surface area contributed by atoms with Crippen molar-refractivity contribution in [2.45, 2.75) is 33.1 Å². The lowest BCUT2D eigenvalue weighted by atomic mass is 9.79. The number of benzene rings is 4. The van der Waals surface area contributed by atoms with Gasteiger partial charge in [0.1, 0.15) is 0 Å². The van der Waals surface area contributed by atoms with Crippen molar-refractivity contribution in [3.8, 4) is 22.3 Å². The zero-order chi connectivity index (χ0) is 21.9. The summed E-state index contributed by atoms with van der Waals surface area (Å²) in [5.41, 5.74) is 12.7. The van der Waals surface area contributed by atoms with Gasteiger partial charge in [0, 0.05) is 5.41 Å². The smallest absolute Gasteiger partial charge is 0.0159 e. The molecule has 0 amide bonds. The highest BCUT2D eigenvalue weighted by Gasteiger charge is 2.37. The van der Waals surface area contributed by atoms with Crippen LogP contribution in [-0.2, 0) is 5.41 Å². The van der Waals surface area contributed by atoms with E-state index in [0.29, 0.717) is 0 Å².